The summed E-state index contributed by atoms with van der Waals surface area (Å²) in [5.41, 5.74) is 2.52. The van der Waals surface area contributed by atoms with Gasteiger partial charge in [-0.15, -0.1) is 0 Å². The van der Waals surface area contributed by atoms with Crippen LogP contribution in [0.1, 0.15) is 27.7 Å². The van der Waals surface area contributed by atoms with E-state index in [1.54, 1.807) is 6.20 Å². The van der Waals surface area contributed by atoms with E-state index in [1.165, 1.54) is 11.9 Å². The molecule has 1 aliphatic rings. The molecule has 6 nitrogen and oxygen atoms in total. The fraction of sp³-hybridized carbons (Fsp3) is 0.292. The van der Waals surface area contributed by atoms with E-state index in [-0.39, 0.29) is 11.9 Å². The van der Waals surface area contributed by atoms with Crippen molar-refractivity contribution >= 4 is 5.91 Å². The Bertz CT molecular complexity index is 957. The Hall–Kier alpha value is -3.25. The molecule has 1 fully saturated rings. The molecular formula is C24H26N4O2. The van der Waals surface area contributed by atoms with E-state index in [4.69, 9.17) is 4.74 Å². The minimum atomic E-state index is 0.00421. The number of rotatable bonds is 6. The van der Waals surface area contributed by atoms with Gasteiger partial charge in [0.2, 0.25) is 0 Å². The number of para-hydroxylation sites is 1. The van der Waals surface area contributed by atoms with Gasteiger partial charge in [-0.3, -0.25) is 9.69 Å². The highest BCUT2D eigenvalue weighted by atomic mass is 16.5. The molecule has 30 heavy (non-hydrogen) atoms. The van der Waals surface area contributed by atoms with Crippen molar-refractivity contribution < 1.29 is 9.53 Å². The Morgan fingerprint density at radius 1 is 1.00 bits per heavy atom. The van der Waals surface area contributed by atoms with E-state index in [0.29, 0.717) is 25.3 Å². The Morgan fingerprint density at radius 2 is 1.67 bits per heavy atom. The van der Waals surface area contributed by atoms with E-state index in [9.17, 15) is 4.79 Å². The number of carbonyl (C=O) groups is 1. The van der Waals surface area contributed by atoms with Crippen molar-refractivity contribution in [1.29, 1.82) is 0 Å². The molecule has 1 atom stereocenters. The standard InChI is InChI=1S/C24H26N4O2/c1-19-22(16-25-18-26-19)24(29)28-14-12-27(13-15-28)23(20-8-4-2-5-9-20)17-30-21-10-6-3-7-11-21/h2-11,16,18,23H,12-15,17H2,1H3. The second kappa shape index (κ2) is 9.50. The first-order valence-corrected chi connectivity index (χ1v) is 10.2. The fourth-order valence-electron chi connectivity index (χ4n) is 3.79. The molecule has 3 aromatic rings. The molecule has 0 saturated carbocycles. The molecule has 0 bridgehead atoms. The zero-order valence-electron chi connectivity index (χ0n) is 17.1. The van der Waals surface area contributed by atoms with Gasteiger partial charge in [0.05, 0.1) is 17.3 Å². The number of nitrogens with zero attached hydrogens (tertiary/aromatic N) is 4. The van der Waals surface area contributed by atoms with Gasteiger partial charge in [0.15, 0.2) is 0 Å². The molecule has 1 aliphatic heterocycles. The van der Waals surface area contributed by atoms with Crippen LogP contribution in [-0.2, 0) is 0 Å². The van der Waals surface area contributed by atoms with Crippen molar-refractivity contribution in [2.75, 3.05) is 32.8 Å². The molecule has 1 unspecified atom stereocenters. The molecule has 1 aromatic heterocycles. The number of ether oxygens (including phenoxy) is 1. The molecule has 2 heterocycles. The highest BCUT2D eigenvalue weighted by Gasteiger charge is 2.28. The third kappa shape index (κ3) is 4.66. The number of aromatic nitrogens is 2. The first-order valence-electron chi connectivity index (χ1n) is 10.2. The zero-order chi connectivity index (χ0) is 20.8. The van der Waals surface area contributed by atoms with Crippen molar-refractivity contribution in [3.05, 3.63) is 90.0 Å². The van der Waals surface area contributed by atoms with Gasteiger partial charge in [0.25, 0.3) is 5.91 Å². The monoisotopic (exact) mass is 402 g/mol. The average molecular weight is 402 g/mol. The number of piperazine rings is 1. The van der Waals surface area contributed by atoms with E-state index < -0.39 is 0 Å². The van der Waals surface area contributed by atoms with Crippen LogP contribution in [0.2, 0.25) is 0 Å². The van der Waals surface area contributed by atoms with Gasteiger partial charge in [0.1, 0.15) is 18.7 Å². The number of amides is 1. The van der Waals surface area contributed by atoms with Crippen LogP contribution in [0.15, 0.2) is 73.2 Å². The second-order valence-electron chi connectivity index (χ2n) is 7.40. The lowest BCUT2D eigenvalue weighted by atomic mass is 10.0. The number of carbonyl (C=O) groups excluding carboxylic acids is 1. The van der Waals surface area contributed by atoms with Crippen molar-refractivity contribution in [2.24, 2.45) is 0 Å². The minimum absolute atomic E-state index is 0.00421. The lowest BCUT2D eigenvalue weighted by Crippen LogP contribution is -2.50. The Balaban J connectivity index is 1.44. The largest absolute Gasteiger partial charge is 0.492 e. The highest BCUT2D eigenvalue weighted by Crippen LogP contribution is 2.24. The second-order valence-corrected chi connectivity index (χ2v) is 7.40. The van der Waals surface area contributed by atoms with Gasteiger partial charge < -0.3 is 9.64 Å². The van der Waals surface area contributed by atoms with Crippen molar-refractivity contribution in [3.8, 4) is 5.75 Å². The third-order valence-corrected chi connectivity index (χ3v) is 5.52. The molecule has 2 aromatic carbocycles. The predicted octanol–water partition coefficient (Wildman–Crippen LogP) is 3.36. The average Bonchev–Trinajstić information content (AvgIpc) is 2.81. The van der Waals surface area contributed by atoms with Crippen LogP contribution in [0.3, 0.4) is 0 Å². The molecule has 0 N–H and O–H groups in total. The number of aryl methyl sites for hydroxylation is 1. The van der Waals surface area contributed by atoms with Gasteiger partial charge >= 0.3 is 0 Å². The smallest absolute Gasteiger partial charge is 0.257 e. The maximum atomic E-state index is 12.9. The maximum Gasteiger partial charge on any atom is 0.257 e. The first kappa shape index (κ1) is 20.0. The van der Waals surface area contributed by atoms with Crippen LogP contribution in [-0.4, -0.2) is 58.5 Å². The molecule has 0 aliphatic carbocycles. The summed E-state index contributed by atoms with van der Waals surface area (Å²) in [5, 5.41) is 0. The molecule has 1 amide bonds. The number of hydrogen-bond acceptors (Lipinski definition) is 5. The van der Waals surface area contributed by atoms with Crippen LogP contribution in [0, 0.1) is 6.92 Å². The van der Waals surface area contributed by atoms with E-state index in [1.807, 2.05) is 48.2 Å². The summed E-state index contributed by atoms with van der Waals surface area (Å²) in [4.78, 5) is 25.3. The summed E-state index contributed by atoms with van der Waals surface area (Å²) in [6.07, 6.45) is 3.08. The van der Waals surface area contributed by atoms with Crippen LogP contribution in [0.5, 0.6) is 5.75 Å². The summed E-state index contributed by atoms with van der Waals surface area (Å²) < 4.78 is 6.10. The predicted molar refractivity (Wildman–Crippen MR) is 115 cm³/mol. The van der Waals surface area contributed by atoms with E-state index in [0.717, 1.165) is 24.5 Å². The molecule has 0 spiro atoms. The topological polar surface area (TPSA) is 58.6 Å². The van der Waals surface area contributed by atoms with Crippen LogP contribution >= 0.6 is 0 Å². The molecule has 4 rings (SSSR count). The van der Waals surface area contributed by atoms with Crippen molar-refractivity contribution in [2.45, 2.75) is 13.0 Å². The van der Waals surface area contributed by atoms with E-state index >= 15 is 0 Å². The van der Waals surface area contributed by atoms with Crippen LogP contribution < -0.4 is 4.74 Å². The highest BCUT2D eigenvalue weighted by molar-refractivity contribution is 5.94. The molecule has 1 saturated heterocycles. The van der Waals surface area contributed by atoms with Crippen LogP contribution in [0.25, 0.3) is 0 Å². The quantitative estimate of drug-likeness (QED) is 0.633. The van der Waals surface area contributed by atoms with Crippen LogP contribution in [0.4, 0.5) is 0 Å². The number of benzene rings is 2. The molecule has 154 valence electrons. The zero-order valence-corrected chi connectivity index (χ0v) is 17.1. The fourth-order valence-corrected chi connectivity index (χ4v) is 3.79. The Kier molecular flexibility index (Phi) is 6.35. The molecule has 6 heteroatoms. The van der Waals surface area contributed by atoms with Gasteiger partial charge in [0, 0.05) is 32.4 Å². The van der Waals surface area contributed by atoms with Crippen molar-refractivity contribution in [3.63, 3.8) is 0 Å². The summed E-state index contributed by atoms with van der Waals surface area (Å²) in [6, 6.07) is 20.4. The van der Waals surface area contributed by atoms with Gasteiger partial charge in [-0.25, -0.2) is 9.97 Å². The summed E-state index contributed by atoms with van der Waals surface area (Å²) >= 11 is 0. The SMILES string of the molecule is Cc1ncncc1C(=O)N1CCN(C(COc2ccccc2)c2ccccc2)CC1. The molecular weight excluding hydrogens is 376 g/mol. The third-order valence-electron chi connectivity index (χ3n) is 5.52. The first-order chi connectivity index (χ1) is 14.7. The number of hydrogen-bond donors (Lipinski definition) is 0. The lowest BCUT2D eigenvalue weighted by Gasteiger charge is -2.39. The summed E-state index contributed by atoms with van der Waals surface area (Å²) in [7, 11) is 0. The van der Waals surface area contributed by atoms with Gasteiger partial charge in [-0.1, -0.05) is 48.5 Å². The maximum absolute atomic E-state index is 12.9. The summed E-state index contributed by atoms with van der Waals surface area (Å²) in [6.45, 7) is 5.32. The summed E-state index contributed by atoms with van der Waals surface area (Å²) in [5.74, 6) is 0.872. The normalized spacial score (nSPS) is 15.6. The lowest BCUT2D eigenvalue weighted by molar-refractivity contribution is 0.0498. The van der Waals surface area contributed by atoms with Gasteiger partial charge in [-0.2, -0.15) is 0 Å². The molecule has 0 radical (unpaired) electrons. The van der Waals surface area contributed by atoms with E-state index in [2.05, 4.69) is 39.1 Å². The van der Waals surface area contributed by atoms with Crippen molar-refractivity contribution in [1.82, 2.24) is 19.8 Å². The Labute approximate surface area is 177 Å². The Morgan fingerprint density at radius 3 is 2.33 bits per heavy atom. The minimum Gasteiger partial charge on any atom is -0.492 e. The van der Waals surface area contributed by atoms with Gasteiger partial charge in [-0.05, 0) is 24.6 Å².